The predicted molar refractivity (Wildman–Crippen MR) is 139 cm³/mol. The third-order valence-corrected chi connectivity index (χ3v) is 5.35. The van der Waals surface area contributed by atoms with Crippen molar-refractivity contribution in [3.05, 3.63) is 94.4 Å². The van der Waals surface area contributed by atoms with Gasteiger partial charge in [-0.1, -0.05) is 24.3 Å². The number of carboxylic acids is 1. The van der Waals surface area contributed by atoms with Gasteiger partial charge in [0.05, 0.1) is 13.2 Å². The molecule has 3 aromatic rings. The van der Waals surface area contributed by atoms with Crippen molar-refractivity contribution >= 4 is 29.2 Å². The lowest BCUT2D eigenvalue weighted by Crippen LogP contribution is -2.02. The Morgan fingerprint density at radius 2 is 1.44 bits per heavy atom. The van der Waals surface area contributed by atoms with Gasteiger partial charge in [-0.15, -0.1) is 4.91 Å². The molecule has 36 heavy (non-hydrogen) atoms. The number of carboxylic acid groups (broad SMARTS) is 1. The number of rotatable bonds is 14. The Balaban J connectivity index is 1.34. The molecule has 0 unspecified atom stereocenters. The van der Waals surface area contributed by atoms with Crippen molar-refractivity contribution in [2.45, 2.75) is 25.7 Å². The van der Waals surface area contributed by atoms with Gasteiger partial charge in [-0.3, -0.25) is 4.79 Å². The predicted octanol–water partition coefficient (Wildman–Crippen LogP) is 6.01. The standard InChI is InChI=1S/C28H28N2O6/c29-23-12-15-26(25(19-23)30-34)36-18-4-2-1-3-17-35-24-13-10-22(11-14-24)28(33)21-8-5-20(6-9-21)7-16-27(31)32/h5-16,19H,1-4,17-18,29H2,(H,31,32)/b16-7+. The second-order valence-electron chi connectivity index (χ2n) is 8.08. The third-order valence-electron chi connectivity index (χ3n) is 5.35. The summed E-state index contributed by atoms with van der Waals surface area (Å²) in [6, 6.07) is 18.6. The Kier molecular flexibility index (Phi) is 9.76. The Labute approximate surface area is 209 Å². The minimum Gasteiger partial charge on any atom is -0.494 e. The van der Waals surface area contributed by atoms with Crippen molar-refractivity contribution in [3.8, 4) is 11.5 Å². The van der Waals surface area contributed by atoms with Crippen molar-refractivity contribution in [2.75, 3.05) is 18.9 Å². The lowest BCUT2D eigenvalue weighted by Gasteiger charge is -2.09. The SMILES string of the molecule is Nc1ccc(OCCCCCCOc2ccc(C(=O)c3ccc(/C=C/C(=O)O)cc3)cc2)c(N=O)c1. The second kappa shape index (κ2) is 13.4. The second-order valence-corrected chi connectivity index (χ2v) is 8.08. The highest BCUT2D eigenvalue weighted by molar-refractivity contribution is 6.09. The summed E-state index contributed by atoms with van der Waals surface area (Å²) in [6.07, 6.45) is 6.18. The van der Waals surface area contributed by atoms with Crippen LogP contribution in [0.25, 0.3) is 6.08 Å². The molecule has 0 aromatic heterocycles. The minimum atomic E-state index is -1.02. The largest absolute Gasteiger partial charge is 0.494 e. The van der Waals surface area contributed by atoms with E-state index in [0.29, 0.717) is 47.1 Å². The summed E-state index contributed by atoms with van der Waals surface area (Å²) in [6.45, 7) is 1.06. The summed E-state index contributed by atoms with van der Waals surface area (Å²) in [4.78, 5) is 34.1. The number of hydrogen-bond donors (Lipinski definition) is 2. The Morgan fingerprint density at radius 3 is 2.06 bits per heavy atom. The first kappa shape index (κ1) is 26.2. The smallest absolute Gasteiger partial charge is 0.328 e. The molecule has 0 radical (unpaired) electrons. The van der Waals surface area contributed by atoms with Crippen molar-refractivity contribution in [2.24, 2.45) is 5.18 Å². The molecule has 3 rings (SSSR count). The molecule has 3 N–H and O–H groups in total. The van der Waals surface area contributed by atoms with Crippen LogP contribution in [0.1, 0.15) is 47.2 Å². The van der Waals surface area contributed by atoms with Gasteiger partial charge in [-0.2, -0.15) is 0 Å². The van der Waals surface area contributed by atoms with E-state index in [-0.39, 0.29) is 11.5 Å². The van der Waals surface area contributed by atoms with Crippen LogP contribution < -0.4 is 15.2 Å². The van der Waals surface area contributed by atoms with E-state index >= 15 is 0 Å². The van der Waals surface area contributed by atoms with Gasteiger partial charge >= 0.3 is 5.97 Å². The first-order valence-electron chi connectivity index (χ1n) is 11.6. The van der Waals surface area contributed by atoms with E-state index in [9.17, 15) is 14.5 Å². The molecule has 0 amide bonds. The number of aliphatic carboxylic acids is 1. The number of carbonyl (C=O) groups excluding carboxylic acids is 1. The van der Waals surface area contributed by atoms with Gasteiger partial charge in [0, 0.05) is 22.9 Å². The van der Waals surface area contributed by atoms with E-state index in [1.807, 2.05) is 0 Å². The Hall–Kier alpha value is -4.46. The molecule has 8 heteroatoms. The Morgan fingerprint density at radius 1 is 0.833 bits per heavy atom. The summed E-state index contributed by atoms with van der Waals surface area (Å²) in [5.41, 5.74) is 8.09. The number of nitrogen functional groups attached to an aromatic ring is 1. The number of nitrogens with two attached hydrogens (primary N) is 1. The number of nitroso groups, excluding NO2 is 1. The summed E-state index contributed by atoms with van der Waals surface area (Å²) >= 11 is 0. The molecule has 0 aliphatic carbocycles. The van der Waals surface area contributed by atoms with Crippen LogP contribution in [-0.2, 0) is 4.79 Å². The summed E-state index contributed by atoms with van der Waals surface area (Å²) < 4.78 is 11.4. The number of unbranched alkanes of at least 4 members (excludes halogenated alkanes) is 3. The van der Waals surface area contributed by atoms with Crippen LogP contribution in [0.5, 0.6) is 11.5 Å². The van der Waals surface area contributed by atoms with Crippen molar-refractivity contribution < 1.29 is 24.2 Å². The van der Waals surface area contributed by atoms with Crippen LogP contribution >= 0.6 is 0 Å². The highest BCUT2D eigenvalue weighted by atomic mass is 16.5. The number of carbonyl (C=O) groups is 2. The van der Waals surface area contributed by atoms with Gasteiger partial charge in [0.25, 0.3) is 0 Å². The van der Waals surface area contributed by atoms with Gasteiger partial charge in [-0.05, 0) is 85.0 Å². The zero-order valence-electron chi connectivity index (χ0n) is 19.8. The van der Waals surface area contributed by atoms with Gasteiger partial charge in [0.2, 0.25) is 0 Å². The molecule has 186 valence electrons. The maximum absolute atomic E-state index is 12.7. The molecule has 0 saturated heterocycles. The summed E-state index contributed by atoms with van der Waals surface area (Å²) in [5, 5.41) is 11.6. The number of hydrogen-bond acceptors (Lipinski definition) is 7. The number of nitrogens with zero attached hydrogens (tertiary/aromatic N) is 1. The number of benzene rings is 3. The lowest BCUT2D eigenvalue weighted by atomic mass is 10.0. The molecule has 0 fully saturated rings. The average Bonchev–Trinajstić information content (AvgIpc) is 2.89. The number of ketones is 1. The van der Waals surface area contributed by atoms with Crippen LogP contribution in [0.4, 0.5) is 11.4 Å². The monoisotopic (exact) mass is 488 g/mol. The first-order valence-corrected chi connectivity index (χ1v) is 11.6. The van der Waals surface area contributed by atoms with E-state index in [2.05, 4.69) is 5.18 Å². The topological polar surface area (TPSA) is 128 Å². The van der Waals surface area contributed by atoms with E-state index in [1.54, 1.807) is 60.7 Å². The van der Waals surface area contributed by atoms with Crippen LogP contribution in [0, 0.1) is 4.91 Å². The van der Waals surface area contributed by atoms with Crippen LogP contribution in [-0.4, -0.2) is 30.1 Å². The molecule has 0 atom stereocenters. The summed E-state index contributed by atoms with van der Waals surface area (Å²) in [7, 11) is 0. The van der Waals surface area contributed by atoms with E-state index in [0.717, 1.165) is 31.8 Å². The molecule has 8 nitrogen and oxygen atoms in total. The fraction of sp³-hybridized carbons (Fsp3) is 0.214. The molecular formula is C28H28N2O6. The van der Waals surface area contributed by atoms with Crippen molar-refractivity contribution in [1.29, 1.82) is 0 Å². The van der Waals surface area contributed by atoms with Gasteiger partial charge in [0.1, 0.15) is 11.5 Å². The normalized spacial score (nSPS) is 10.8. The van der Waals surface area contributed by atoms with Crippen LogP contribution in [0.3, 0.4) is 0 Å². The maximum Gasteiger partial charge on any atom is 0.328 e. The van der Waals surface area contributed by atoms with Gasteiger partial charge in [0.15, 0.2) is 11.5 Å². The quantitative estimate of drug-likeness (QED) is 0.0934. The van der Waals surface area contributed by atoms with E-state index < -0.39 is 5.97 Å². The average molecular weight is 489 g/mol. The fourth-order valence-corrected chi connectivity index (χ4v) is 3.44. The number of ether oxygens (including phenoxy) is 2. The van der Waals surface area contributed by atoms with Crippen molar-refractivity contribution in [3.63, 3.8) is 0 Å². The summed E-state index contributed by atoms with van der Waals surface area (Å²) in [5.74, 6) is -0.00582. The lowest BCUT2D eigenvalue weighted by molar-refractivity contribution is -0.131. The highest BCUT2D eigenvalue weighted by Crippen LogP contribution is 2.29. The Bertz CT molecular complexity index is 1200. The molecule has 0 aliphatic rings. The van der Waals surface area contributed by atoms with Crippen LogP contribution in [0.15, 0.2) is 78.0 Å². The van der Waals surface area contributed by atoms with E-state index in [4.69, 9.17) is 20.3 Å². The van der Waals surface area contributed by atoms with E-state index in [1.165, 1.54) is 12.1 Å². The van der Waals surface area contributed by atoms with Crippen molar-refractivity contribution in [1.82, 2.24) is 0 Å². The zero-order chi connectivity index (χ0) is 25.8. The molecule has 3 aromatic carbocycles. The molecule has 0 saturated carbocycles. The zero-order valence-corrected chi connectivity index (χ0v) is 19.8. The maximum atomic E-state index is 12.7. The van der Waals surface area contributed by atoms with Gasteiger partial charge < -0.3 is 20.3 Å². The molecule has 0 bridgehead atoms. The highest BCUT2D eigenvalue weighted by Gasteiger charge is 2.09. The number of anilines is 1. The molecule has 0 aliphatic heterocycles. The minimum absolute atomic E-state index is 0.118. The molecule has 0 heterocycles. The first-order chi connectivity index (χ1) is 17.5. The molecular weight excluding hydrogens is 460 g/mol. The van der Waals surface area contributed by atoms with Crippen LogP contribution in [0.2, 0.25) is 0 Å². The van der Waals surface area contributed by atoms with Gasteiger partial charge in [-0.25, -0.2) is 4.79 Å². The fourth-order valence-electron chi connectivity index (χ4n) is 3.44. The molecule has 0 spiro atoms. The third kappa shape index (κ3) is 8.09.